The number of thiophene rings is 1. The van der Waals surface area contributed by atoms with E-state index in [0.29, 0.717) is 16.3 Å². The molecule has 1 amide bonds. The second kappa shape index (κ2) is 7.68. The lowest BCUT2D eigenvalue weighted by atomic mass is 10.1. The zero-order valence-electron chi connectivity index (χ0n) is 13.5. The van der Waals surface area contributed by atoms with E-state index in [1.54, 1.807) is 0 Å². The molecular weight excluding hydrogens is 358 g/mol. The molecule has 0 aliphatic rings. The van der Waals surface area contributed by atoms with Gasteiger partial charge in [0.15, 0.2) is 0 Å². The maximum absolute atomic E-state index is 12.7. The molecule has 0 saturated carbocycles. The molecule has 0 aliphatic heterocycles. The van der Waals surface area contributed by atoms with E-state index < -0.39 is 12.0 Å². The van der Waals surface area contributed by atoms with Gasteiger partial charge in [0.25, 0.3) is 5.91 Å². The number of nitrogens with one attached hydrogen (secondary N) is 1. The SMILES string of the molecule is COC(=O)C(Cc1ccccc1)NC(=O)c1sc2ccccc2c1Cl. The van der Waals surface area contributed by atoms with Crippen LogP contribution in [0.15, 0.2) is 54.6 Å². The highest BCUT2D eigenvalue weighted by molar-refractivity contribution is 7.21. The molecule has 0 spiro atoms. The van der Waals surface area contributed by atoms with Crippen molar-refractivity contribution in [2.75, 3.05) is 7.11 Å². The van der Waals surface area contributed by atoms with Crippen molar-refractivity contribution in [3.63, 3.8) is 0 Å². The molecular formula is C19H16ClNO3S. The van der Waals surface area contributed by atoms with Crippen LogP contribution in [0.25, 0.3) is 10.1 Å². The van der Waals surface area contributed by atoms with Gasteiger partial charge in [0.1, 0.15) is 10.9 Å². The molecule has 0 saturated heterocycles. The second-order valence-electron chi connectivity index (χ2n) is 5.48. The minimum Gasteiger partial charge on any atom is -0.467 e. The van der Waals surface area contributed by atoms with Gasteiger partial charge in [-0.3, -0.25) is 4.79 Å². The molecule has 1 atom stereocenters. The average Bonchev–Trinajstić information content (AvgIpc) is 2.98. The number of methoxy groups -OCH3 is 1. The number of amides is 1. The number of rotatable bonds is 5. The lowest BCUT2D eigenvalue weighted by Gasteiger charge is -2.16. The first-order valence-corrected chi connectivity index (χ1v) is 8.89. The molecule has 1 heterocycles. The topological polar surface area (TPSA) is 55.4 Å². The average molecular weight is 374 g/mol. The monoisotopic (exact) mass is 373 g/mol. The molecule has 0 fully saturated rings. The highest BCUT2D eigenvalue weighted by Gasteiger charge is 2.25. The van der Waals surface area contributed by atoms with Gasteiger partial charge in [0, 0.05) is 16.5 Å². The predicted octanol–water partition coefficient (Wildman–Crippen LogP) is 4.07. The van der Waals surface area contributed by atoms with Gasteiger partial charge in [-0.1, -0.05) is 60.1 Å². The largest absolute Gasteiger partial charge is 0.467 e. The van der Waals surface area contributed by atoms with E-state index in [2.05, 4.69) is 5.32 Å². The zero-order chi connectivity index (χ0) is 17.8. The number of esters is 1. The molecule has 0 aliphatic carbocycles. The fourth-order valence-corrected chi connectivity index (χ4v) is 3.99. The Kier molecular flexibility index (Phi) is 5.36. The molecule has 1 unspecified atom stereocenters. The van der Waals surface area contributed by atoms with Gasteiger partial charge in [-0.05, 0) is 11.6 Å². The Morgan fingerprint density at radius 1 is 1.12 bits per heavy atom. The van der Waals surface area contributed by atoms with Crippen LogP contribution in [0.3, 0.4) is 0 Å². The summed E-state index contributed by atoms with van der Waals surface area (Å²) >= 11 is 7.65. The summed E-state index contributed by atoms with van der Waals surface area (Å²) in [5.41, 5.74) is 0.931. The van der Waals surface area contributed by atoms with E-state index in [0.717, 1.165) is 15.6 Å². The van der Waals surface area contributed by atoms with Crippen molar-refractivity contribution in [1.29, 1.82) is 0 Å². The zero-order valence-corrected chi connectivity index (χ0v) is 15.1. The van der Waals surface area contributed by atoms with Gasteiger partial charge in [-0.25, -0.2) is 4.79 Å². The van der Waals surface area contributed by atoms with Crippen LogP contribution >= 0.6 is 22.9 Å². The Morgan fingerprint density at radius 3 is 2.48 bits per heavy atom. The van der Waals surface area contributed by atoms with Crippen LogP contribution in [0.4, 0.5) is 0 Å². The van der Waals surface area contributed by atoms with E-state index >= 15 is 0 Å². The van der Waals surface area contributed by atoms with Crippen LogP contribution in [0.1, 0.15) is 15.2 Å². The number of benzene rings is 2. The Bertz CT molecular complexity index is 907. The summed E-state index contributed by atoms with van der Waals surface area (Å²) in [5, 5.41) is 3.98. The van der Waals surface area contributed by atoms with Crippen LogP contribution in [0.5, 0.6) is 0 Å². The number of hydrogen-bond acceptors (Lipinski definition) is 4. The summed E-state index contributed by atoms with van der Waals surface area (Å²) in [6.45, 7) is 0. The minimum absolute atomic E-state index is 0.349. The first kappa shape index (κ1) is 17.5. The number of carbonyl (C=O) groups excluding carboxylic acids is 2. The van der Waals surface area contributed by atoms with Gasteiger partial charge >= 0.3 is 5.97 Å². The number of carbonyl (C=O) groups is 2. The van der Waals surface area contributed by atoms with Crippen molar-refractivity contribution in [3.8, 4) is 0 Å². The molecule has 1 N–H and O–H groups in total. The first-order chi connectivity index (χ1) is 12.1. The fourth-order valence-electron chi connectivity index (χ4n) is 2.57. The first-order valence-electron chi connectivity index (χ1n) is 7.70. The molecule has 25 heavy (non-hydrogen) atoms. The molecule has 0 bridgehead atoms. The molecule has 1 aromatic heterocycles. The van der Waals surface area contributed by atoms with Gasteiger partial charge in [-0.15, -0.1) is 11.3 Å². The summed E-state index contributed by atoms with van der Waals surface area (Å²) < 4.78 is 5.75. The van der Waals surface area contributed by atoms with Crippen LogP contribution in [-0.2, 0) is 16.0 Å². The summed E-state index contributed by atoms with van der Waals surface area (Å²) in [6.07, 6.45) is 0.349. The van der Waals surface area contributed by atoms with E-state index in [-0.39, 0.29) is 5.91 Å². The predicted molar refractivity (Wildman–Crippen MR) is 100 cm³/mol. The van der Waals surface area contributed by atoms with Crippen molar-refractivity contribution >= 4 is 44.9 Å². The maximum atomic E-state index is 12.7. The Hall–Kier alpha value is -2.37. The van der Waals surface area contributed by atoms with Crippen molar-refractivity contribution in [3.05, 3.63) is 70.1 Å². The van der Waals surface area contributed by atoms with E-state index in [9.17, 15) is 9.59 Å². The molecule has 0 radical (unpaired) electrons. The fraction of sp³-hybridized carbons (Fsp3) is 0.158. The molecule has 4 nitrogen and oxygen atoms in total. The third-order valence-electron chi connectivity index (χ3n) is 3.81. The quantitative estimate of drug-likeness (QED) is 0.686. The highest BCUT2D eigenvalue weighted by Crippen LogP contribution is 2.35. The van der Waals surface area contributed by atoms with Crippen LogP contribution in [0.2, 0.25) is 5.02 Å². The molecule has 3 aromatic rings. The van der Waals surface area contributed by atoms with Crippen molar-refractivity contribution < 1.29 is 14.3 Å². The maximum Gasteiger partial charge on any atom is 0.328 e. The van der Waals surface area contributed by atoms with E-state index in [1.165, 1.54) is 18.4 Å². The molecule has 2 aromatic carbocycles. The molecule has 128 valence electrons. The van der Waals surface area contributed by atoms with Crippen LogP contribution in [-0.4, -0.2) is 25.0 Å². The number of hydrogen-bond donors (Lipinski definition) is 1. The number of halogens is 1. The summed E-state index contributed by atoms with van der Waals surface area (Å²) in [5.74, 6) is -0.869. The van der Waals surface area contributed by atoms with Crippen LogP contribution < -0.4 is 5.32 Å². The summed E-state index contributed by atoms with van der Waals surface area (Å²) in [7, 11) is 1.30. The van der Waals surface area contributed by atoms with Gasteiger partial charge in [0.05, 0.1) is 12.1 Å². The van der Waals surface area contributed by atoms with Gasteiger partial charge in [-0.2, -0.15) is 0 Å². The van der Waals surface area contributed by atoms with Crippen molar-refractivity contribution in [2.24, 2.45) is 0 Å². The normalized spacial score (nSPS) is 11.9. The lowest BCUT2D eigenvalue weighted by Crippen LogP contribution is -2.42. The van der Waals surface area contributed by atoms with Crippen molar-refractivity contribution in [2.45, 2.75) is 12.5 Å². The van der Waals surface area contributed by atoms with Gasteiger partial charge < -0.3 is 10.1 Å². The number of ether oxygens (including phenoxy) is 1. The Morgan fingerprint density at radius 2 is 1.80 bits per heavy atom. The van der Waals surface area contributed by atoms with Crippen LogP contribution in [0, 0.1) is 0 Å². The molecule has 3 rings (SSSR count). The second-order valence-corrected chi connectivity index (χ2v) is 6.91. The van der Waals surface area contributed by atoms with E-state index in [4.69, 9.17) is 16.3 Å². The Balaban J connectivity index is 1.84. The smallest absolute Gasteiger partial charge is 0.328 e. The van der Waals surface area contributed by atoms with Gasteiger partial charge in [0.2, 0.25) is 0 Å². The highest BCUT2D eigenvalue weighted by atomic mass is 35.5. The summed E-state index contributed by atoms with van der Waals surface area (Å²) in [4.78, 5) is 25.1. The third kappa shape index (κ3) is 3.83. The minimum atomic E-state index is -0.777. The number of fused-ring (bicyclic) bond motifs is 1. The lowest BCUT2D eigenvalue weighted by molar-refractivity contribution is -0.142. The summed E-state index contributed by atoms with van der Waals surface area (Å²) in [6, 6.07) is 16.2. The Labute approximate surface area is 154 Å². The molecule has 6 heteroatoms. The standard InChI is InChI=1S/C19H16ClNO3S/c1-24-19(23)14(11-12-7-3-2-4-8-12)21-18(22)17-16(20)13-9-5-6-10-15(13)25-17/h2-10,14H,11H2,1H3,(H,21,22). The van der Waals surface area contributed by atoms with E-state index in [1.807, 2.05) is 54.6 Å². The third-order valence-corrected chi connectivity index (χ3v) is 5.49. The van der Waals surface area contributed by atoms with Crippen molar-refractivity contribution in [1.82, 2.24) is 5.32 Å².